The third-order valence-corrected chi connectivity index (χ3v) is 3.70. The van der Waals surface area contributed by atoms with Gasteiger partial charge in [0.05, 0.1) is 0 Å². The summed E-state index contributed by atoms with van der Waals surface area (Å²) in [7, 11) is 2.82. The van der Waals surface area contributed by atoms with Gasteiger partial charge in [-0.25, -0.2) is 0 Å². The Balaban J connectivity index is 2.03. The lowest BCUT2D eigenvalue weighted by molar-refractivity contribution is -0.184. The Morgan fingerprint density at radius 1 is 1.43 bits per heavy atom. The number of rotatable bonds is 4. The van der Waals surface area contributed by atoms with Gasteiger partial charge in [0.25, 0.3) is 0 Å². The Bertz CT molecular complexity index is 604. The zero-order valence-electron chi connectivity index (χ0n) is 12.9. The summed E-state index contributed by atoms with van der Waals surface area (Å²) in [5.41, 5.74) is 1.19. The van der Waals surface area contributed by atoms with Crippen molar-refractivity contribution in [2.24, 2.45) is 0 Å². The van der Waals surface area contributed by atoms with Crippen LogP contribution in [0.2, 0.25) is 0 Å². The molecule has 0 saturated carbocycles. The molecule has 23 heavy (non-hydrogen) atoms. The van der Waals surface area contributed by atoms with Gasteiger partial charge in [-0.1, -0.05) is 12.1 Å². The van der Waals surface area contributed by atoms with Gasteiger partial charge in [0.15, 0.2) is 0 Å². The predicted octanol–water partition coefficient (Wildman–Crippen LogP) is 1.85. The van der Waals surface area contributed by atoms with E-state index in [4.69, 9.17) is 0 Å². The molecule has 1 N–H and O–H groups in total. The van der Waals surface area contributed by atoms with Gasteiger partial charge < -0.3 is 15.1 Å². The number of alkyl halides is 3. The molecule has 0 radical (unpaired) electrons. The molecular weight excluding hydrogens is 311 g/mol. The SMILES string of the molecule is CN1CCC(Nc2cccc(CN(C)C(=O)C(F)(F)F)c2)C1=O. The Kier molecular flexibility index (Phi) is 4.82. The first kappa shape index (κ1) is 17.1. The predicted molar refractivity (Wildman–Crippen MR) is 78.6 cm³/mol. The maximum Gasteiger partial charge on any atom is 0.471 e. The highest BCUT2D eigenvalue weighted by molar-refractivity contribution is 5.86. The van der Waals surface area contributed by atoms with Crippen LogP contribution in [0.25, 0.3) is 0 Å². The summed E-state index contributed by atoms with van der Waals surface area (Å²) in [5.74, 6) is -1.90. The fourth-order valence-electron chi connectivity index (χ4n) is 2.48. The topological polar surface area (TPSA) is 52.6 Å². The zero-order chi connectivity index (χ0) is 17.2. The normalized spacial score (nSPS) is 18.2. The van der Waals surface area contributed by atoms with Crippen LogP contribution in [0.5, 0.6) is 0 Å². The molecule has 1 unspecified atom stereocenters. The minimum absolute atomic E-state index is 0.0141. The van der Waals surface area contributed by atoms with Crippen LogP contribution in [0.3, 0.4) is 0 Å². The maximum atomic E-state index is 12.4. The number of anilines is 1. The number of likely N-dealkylation sites (N-methyl/N-ethyl adjacent to an activating group) is 1. The number of nitrogens with one attached hydrogen (secondary N) is 1. The Labute approximate surface area is 132 Å². The third kappa shape index (κ3) is 4.14. The first-order valence-electron chi connectivity index (χ1n) is 7.11. The molecular formula is C15H18F3N3O2. The van der Waals surface area contributed by atoms with Crippen LogP contribution >= 0.6 is 0 Å². The van der Waals surface area contributed by atoms with E-state index in [0.717, 1.165) is 7.05 Å². The molecule has 1 aliphatic heterocycles. The first-order chi connectivity index (χ1) is 10.7. The lowest BCUT2D eigenvalue weighted by atomic mass is 10.1. The molecule has 126 valence electrons. The van der Waals surface area contributed by atoms with E-state index in [0.29, 0.717) is 29.1 Å². The Morgan fingerprint density at radius 3 is 2.70 bits per heavy atom. The summed E-state index contributed by atoms with van der Waals surface area (Å²) in [6.45, 7) is 0.505. The Morgan fingerprint density at radius 2 is 2.13 bits per heavy atom. The van der Waals surface area contributed by atoms with Gasteiger partial charge in [-0.15, -0.1) is 0 Å². The second-order valence-corrected chi connectivity index (χ2v) is 5.60. The first-order valence-corrected chi connectivity index (χ1v) is 7.11. The largest absolute Gasteiger partial charge is 0.471 e. The minimum atomic E-state index is -4.88. The number of carbonyl (C=O) groups is 2. The van der Waals surface area contributed by atoms with E-state index in [1.54, 1.807) is 36.2 Å². The number of hydrogen-bond acceptors (Lipinski definition) is 3. The number of hydrogen-bond donors (Lipinski definition) is 1. The molecule has 1 saturated heterocycles. The molecule has 1 aliphatic rings. The highest BCUT2D eigenvalue weighted by atomic mass is 19.4. The van der Waals surface area contributed by atoms with E-state index in [1.807, 2.05) is 0 Å². The molecule has 2 amide bonds. The Hall–Kier alpha value is -2.25. The summed E-state index contributed by atoms with van der Waals surface area (Å²) in [6, 6.07) is 6.36. The van der Waals surface area contributed by atoms with E-state index in [-0.39, 0.29) is 18.5 Å². The molecule has 1 atom stereocenters. The van der Waals surface area contributed by atoms with Crippen LogP contribution in [-0.2, 0) is 16.1 Å². The van der Waals surface area contributed by atoms with Crippen LogP contribution in [-0.4, -0.2) is 54.5 Å². The van der Waals surface area contributed by atoms with E-state index in [9.17, 15) is 22.8 Å². The third-order valence-electron chi connectivity index (χ3n) is 3.70. The van der Waals surface area contributed by atoms with Crippen LogP contribution < -0.4 is 5.32 Å². The van der Waals surface area contributed by atoms with Crippen LogP contribution in [0.15, 0.2) is 24.3 Å². The second-order valence-electron chi connectivity index (χ2n) is 5.60. The van der Waals surface area contributed by atoms with Crippen LogP contribution in [0.1, 0.15) is 12.0 Å². The van der Waals surface area contributed by atoms with Crippen molar-refractivity contribution in [3.05, 3.63) is 29.8 Å². The van der Waals surface area contributed by atoms with E-state index in [2.05, 4.69) is 5.32 Å². The van der Waals surface area contributed by atoms with Crippen molar-refractivity contribution in [3.8, 4) is 0 Å². The lowest BCUT2D eigenvalue weighted by Gasteiger charge is -2.19. The number of amides is 2. The van der Waals surface area contributed by atoms with Gasteiger partial charge in [0.2, 0.25) is 5.91 Å². The van der Waals surface area contributed by atoms with Gasteiger partial charge in [0, 0.05) is 32.9 Å². The second kappa shape index (κ2) is 6.47. The quantitative estimate of drug-likeness (QED) is 0.917. The highest BCUT2D eigenvalue weighted by Gasteiger charge is 2.41. The van der Waals surface area contributed by atoms with Crippen molar-refractivity contribution in [3.63, 3.8) is 0 Å². The summed E-state index contributed by atoms with van der Waals surface area (Å²) >= 11 is 0. The number of carbonyl (C=O) groups excluding carboxylic acids is 2. The van der Waals surface area contributed by atoms with E-state index in [1.165, 1.54) is 0 Å². The molecule has 1 fully saturated rings. The monoisotopic (exact) mass is 329 g/mol. The summed E-state index contributed by atoms with van der Waals surface area (Å²) in [4.78, 5) is 25.2. The van der Waals surface area contributed by atoms with Crippen LogP contribution in [0.4, 0.5) is 18.9 Å². The average molecular weight is 329 g/mol. The summed E-state index contributed by atoms with van der Waals surface area (Å²) < 4.78 is 37.2. The number of nitrogens with zero attached hydrogens (tertiary/aromatic N) is 2. The van der Waals surface area contributed by atoms with Gasteiger partial charge >= 0.3 is 12.1 Å². The van der Waals surface area contributed by atoms with Crippen molar-refractivity contribution in [1.82, 2.24) is 9.80 Å². The van der Waals surface area contributed by atoms with Crippen LogP contribution in [0, 0.1) is 0 Å². The van der Waals surface area contributed by atoms with Crippen molar-refractivity contribution in [2.75, 3.05) is 26.0 Å². The van der Waals surface area contributed by atoms with Crippen molar-refractivity contribution in [2.45, 2.75) is 25.2 Å². The molecule has 1 heterocycles. The van der Waals surface area contributed by atoms with Crippen molar-refractivity contribution in [1.29, 1.82) is 0 Å². The standard InChI is InChI=1S/C15H18F3N3O2/c1-20-7-6-12(13(20)22)19-11-5-3-4-10(8-11)9-21(2)14(23)15(16,17)18/h3-5,8,12,19H,6-7,9H2,1-2H3. The molecule has 2 rings (SSSR count). The van der Waals surface area contributed by atoms with Gasteiger partial charge in [-0.2, -0.15) is 13.2 Å². The fourth-order valence-corrected chi connectivity index (χ4v) is 2.48. The van der Waals surface area contributed by atoms with E-state index < -0.39 is 12.1 Å². The molecule has 8 heteroatoms. The molecule has 0 bridgehead atoms. The van der Waals surface area contributed by atoms with Gasteiger partial charge in [0.1, 0.15) is 6.04 Å². The maximum absolute atomic E-state index is 12.4. The smallest absolute Gasteiger partial charge is 0.374 e. The molecule has 0 aliphatic carbocycles. The van der Waals surface area contributed by atoms with Gasteiger partial charge in [-0.05, 0) is 24.1 Å². The molecule has 1 aromatic rings. The summed E-state index contributed by atoms with van der Waals surface area (Å²) in [5, 5.41) is 3.08. The molecule has 0 aromatic heterocycles. The molecule has 5 nitrogen and oxygen atoms in total. The minimum Gasteiger partial charge on any atom is -0.374 e. The fraction of sp³-hybridized carbons (Fsp3) is 0.467. The molecule has 0 spiro atoms. The number of halogens is 3. The lowest BCUT2D eigenvalue weighted by Crippen LogP contribution is -2.37. The number of likely N-dealkylation sites (tertiary alicyclic amines) is 1. The highest BCUT2D eigenvalue weighted by Crippen LogP contribution is 2.21. The average Bonchev–Trinajstić information content (AvgIpc) is 2.78. The zero-order valence-corrected chi connectivity index (χ0v) is 12.9. The van der Waals surface area contributed by atoms with Crippen molar-refractivity contribution < 1.29 is 22.8 Å². The van der Waals surface area contributed by atoms with Gasteiger partial charge in [-0.3, -0.25) is 9.59 Å². The van der Waals surface area contributed by atoms with Crippen molar-refractivity contribution >= 4 is 17.5 Å². The number of benzene rings is 1. The van der Waals surface area contributed by atoms with E-state index >= 15 is 0 Å². The summed E-state index contributed by atoms with van der Waals surface area (Å²) in [6.07, 6.45) is -4.21. The molecule has 1 aromatic carbocycles.